The second-order valence-electron chi connectivity index (χ2n) is 10.7. The van der Waals surface area contributed by atoms with E-state index in [1.807, 2.05) is 50.2 Å². The Kier molecular flexibility index (Phi) is 6.99. The molecule has 0 radical (unpaired) electrons. The first kappa shape index (κ1) is 24.1. The molecular weight excluding hydrogens is 436 g/mol. The summed E-state index contributed by atoms with van der Waals surface area (Å²) in [5.74, 6) is 0.931. The Balaban J connectivity index is 1.41. The zero-order valence-corrected chi connectivity index (χ0v) is 21.3. The van der Waals surface area contributed by atoms with E-state index in [1.54, 1.807) is 0 Å². The smallest absolute Gasteiger partial charge is 0.340 e. The topological polar surface area (TPSA) is 56.9 Å². The minimum atomic E-state index is -0.319. The van der Waals surface area contributed by atoms with Crippen LogP contribution < -0.4 is 5.63 Å². The van der Waals surface area contributed by atoms with E-state index in [-0.39, 0.29) is 11.4 Å². The van der Waals surface area contributed by atoms with Crippen LogP contribution in [0.4, 0.5) is 0 Å². The van der Waals surface area contributed by atoms with E-state index in [9.17, 15) is 9.90 Å². The molecule has 1 N–H and O–H groups in total. The van der Waals surface area contributed by atoms with Crippen molar-refractivity contribution in [3.8, 4) is 5.75 Å². The Morgan fingerprint density at radius 1 is 1.06 bits per heavy atom. The highest BCUT2D eigenvalue weighted by atomic mass is 16.4. The summed E-state index contributed by atoms with van der Waals surface area (Å²) in [5.41, 5.74) is 4.44. The third kappa shape index (κ3) is 4.89. The number of benzene rings is 2. The molecular formula is C30H38N2O3. The number of fused-ring (bicyclic) bond motifs is 2. The Morgan fingerprint density at radius 2 is 1.83 bits per heavy atom. The number of phenolic OH excluding ortho intramolecular Hbond substituents is 1. The Bertz CT molecular complexity index is 1250. The van der Waals surface area contributed by atoms with Gasteiger partial charge in [-0.3, -0.25) is 0 Å². The number of piperidine rings is 2. The fourth-order valence-electron chi connectivity index (χ4n) is 6.41. The quantitative estimate of drug-likeness (QED) is 0.485. The molecule has 2 aliphatic heterocycles. The van der Waals surface area contributed by atoms with Gasteiger partial charge < -0.3 is 19.3 Å². The minimum absolute atomic E-state index is 0.241. The molecule has 0 saturated carbocycles. The lowest BCUT2D eigenvalue weighted by atomic mass is 9.83. The van der Waals surface area contributed by atoms with E-state index in [4.69, 9.17) is 4.42 Å². The third-order valence-corrected chi connectivity index (χ3v) is 8.30. The summed E-state index contributed by atoms with van der Waals surface area (Å²) in [6.45, 7) is 8.08. The van der Waals surface area contributed by atoms with E-state index in [2.05, 4.69) is 16.8 Å². The van der Waals surface area contributed by atoms with Gasteiger partial charge in [0.05, 0.1) is 0 Å². The molecule has 35 heavy (non-hydrogen) atoms. The molecule has 2 fully saturated rings. The maximum Gasteiger partial charge on any atom is 0.340 e. The molecule has 2 aromatic carbocycles. The van der Waals surface area contributed by atoms with Gasteiger partial charge in [0.15, 0.2) is 0 Å². The lowest BCUT2D eigenvalue weighted by Gasteiger charge is -2.45. The first-order valence-electron chi connectivity index (χ1n) is 13.2. The van der Waals surface area contributed by atoms with Gasteiger partial charge in [-0.2, -0.15) is 0 Å². The molecule has 0 bridgehead atoms. The average molecular weight is 475 g/mol. The molecule has 3 aromatic rings. The van der Waals surface area contributed by atoms with Crippen molar-refractivity contribution in [2.45, 2.75) is 65.0 Å². The maximum atomic E-state index is 12.9. The van der Waals surface area contributed by atoms with Crippen molar-refractivity contribution >= 4 is 11.0 Å². The summed E-state index contributed by atoms with van der Waals surface area (Å²) in [6, 6.07) is 12.8. The summed E-state index contributed by atoms with van der Waals surface area (Å²) in [6.07, 6.45) is 7.13. The fraction of sp³-hybridized carbons (Fsp3) is 0.500. The van der Waals surface area contributed by atoms with Gasteiger partial charge in [-0.15, -0.1) is 0 Å². The largest absolute Gasteiger partial charge is 0.507 e. The molecule has 5 nitrogen and oxygen atoms in total. The normalized spacial score (nSPS) is 20.9. The number of rotatable bonds is 6. The van der Waals surface area contributed by atoms with E-state index in [0.717, 1.165) is 28.6 Å². The van der Waals surface area contributed by atoms with Gasteiger partial charge in [0.1, 0.15) is 11.3 Å². The highest BCUT2D eigenvalue weighted by Gasteiger charge is 2.33. The molecule has 186 valence electrons. The molecule has 5 heteroatoms. The minimum Gasteiger partial charge on any atom is -0.507 e. The van der Waals surface area contributed by atoms with Crippen LogP contribution in [-0.4, -0.2) is 47.6 Å². The van der Waals surface area contributed by atoms with Crippen molar-refractivity contribution in [2.24, 2.45) is 5.92 Å². The summed E-state index contributed by atoms with van der Waals surface area (Å²) in [4.78, 5) is 17.9. The van der Waals surface area contributed by atoms with Crippen LogP contribution in [0.3, 0.4) is 0 Å². The van der Waals surface area contributed by atoms with E-state index >= 15 is 0 Å². The van der Waals surface area contributed by atoms with Crippen molar-refractivity contribution < 1.29 is 9.52 Å². The molecule has 1 aromatic heterocycles. The van der Waals surface area contributed by atoms with Crippen LogP contribution in [0.15, 0.2) is 45.6 Å². The van der Waals surface area contributed by atoms with Crippen molar-refractivity contribution in [3.05, 3.63) is 74.6 Å². The lowest BCUT2D eigenvalue weighted by Crippen LogP contribution is -2.50. The van der Waals surface area contributed by atoms with E-state index in [0.29, 0.717) is 41.6 Å². The number of nitrogens with zero attached hydrogens (tertiary/aromatic N) is 2. The molecule has 0 amide bonds. The van der Waals surface area contributed by atoms with E-state index < -0.39 is 0 Å². The SMILES string of the molecule is Cc1c(Cc2ccccc2)c(=O)oc2c(C)c(O)c(CN(C)CC3CCCN4CCCCC34)cc12. The predicted octanol–water partition coefficient (Wildman–Crippen LogP) is 5.40. The van der Waals surface area contributed by atoms with Crippen molar-refractivity contribution in [1.82, 2.24) is 9.80 Å². The van der Waals surface area contributed by atoms with Crippen molar-refractivity contribution in [1.29, 1.82) is 0 Å². The van der Waals surface area contributed by atoms with Gasteiger partial charge >= 0.3 is 5.63 Å². The molecule has 2 aliphatic rings. The van der Waals surface area contributed by atoms with Gasteiger partial charge in [0.2, 0.25) is 0 Å². The highest BCUT2D eigenvalue weighted by Crippen LogP contribution is 2.35. The second-order valence-corrected chi connectivity index (χ2v) is 10.7. The van der Waals surface area contributed by atoms with Crippen molar-refractivity contribution in [3.63, 3.8) is 0 Å². The molecule has 2 unspecified atom stereocenters. The van der Waals surface area contributed by atoms with Gasteiger partial charge in [-0.25, -0.2) is 4.79 Å². The molecule has 0 spiro atoms. The summed E-state index contributed by atoms with van der Waals surface area (Å²) in [5, 5.41) is 11.9. The standard InChI is InChI=1S/C30H38N2O3/c1-20-25-17-24(19-31(3)18-23-12-9-15-32-14-8-7-13-27(23)32)28(33)21(2)29(25)35-30(34)26(20)16-22-10-5-4-6-11-22/h4-6,10-11,17,23,27,33H,7-9,12-16,18-19H2,1-3H3. The monoisotopic (exact) mass is 474 g/mol. The van der Waals surface area contributed by atoms with Crippen LogP contribution in [0.5, 0.6) is 5.75 Å². The lowest BCUT2D eigenvalue weighted by molar-refractivity contribution is 0.0434. The predicted molar refractivity (Wildman–Crippen MR) is 141 cm³/mol. The maximum absolute atomic E-state index is 12.9. The highest BCUT2D eigenvalue weighted by molar-refractivity contribution is 5.86. The number of aryl methyl sites for hydroxylation is 2. The van der Waals surface area contributed by atoms with Crippen LogP contribution in [-0.2, 0) is 13.0 Å². The summed E-state index contributed by atoms with van der Waals surface area (Å²) >= 11 is 0. The van der Waals surface area contributed by atoms with Gasteiger partial charge in [-0.1, -0.05) is 36.8 Å². The molecule has 2 atom stereocenters. The molecule has 5 rings (SSSR count). The first-order valence-corrected chi connectivity index (χ1v) is 13.2. The van der Waals surface area contributed by atoms with Gasteiger partial charge in [0, 0.05) is 47.6 Å². The number of hydrogen-bond donors (Lipinski definition) is 1. The van der Waals surface area contributed by atoms with Crippen LogP contribution in [0.2, 0.25) is 0 Å². The van der Waals surface area contributed by atoms with Crippen LogP contribution in [0, 0.1) is 19.8 Å². The van der Waals surface area contributed by atoms with E-state index in [1.165, 1.54) is 45.2 Å². The van der Waals surface area contributed by atoms with Crippen LogP contribution >= 0.6 is 0 Å². The van der Waals surface area contributed by atoms with Crippen LogP contribution in [0.1, 0.15) is 59.9 Å². The average Bonchev–Trinajstić information content (AvgIpc) is 2.86. The fourth-order valence-corrected chi connectivity index (χ4v) is 6.41. The first-order chi connectivity index (χ1) is 16.9. The van der Waals surface area contributed by atoms with Gasteiger partial charge in [0.25, 0.3) is 0 Å². The Morgan fingerprint density at radius 3 is 2.63 bits per heavy atom. The molecule has 2 saturated heterocycles. The molecule has 3 heterocycles. The Labute approximate surface area is 208 Å². The van der Waals surface area contributed by atoms with Gasteiger partial charge in [-0.05, 0) is 82.8 Å². The summed E-state index contributed by atoms with van der Waals surface area (Å²) in [7, 11) is 2.17. The Hall–Kier alpha value is -2.63. The third-order valence-electron chi connectivity index (χ3n) is 8.30. The number of phenols is 1. The molecule has 0 aliphatic carbocycles. The summed E-state index contributed by atoms with van der Waals surface area (Å²) < 4.78 is 5.76. The van der Waals surface area contributed by atoms with Crippen LogP contribution in [0.25, 0.3) is 11.0 Å². The number of hydrogen-bond acceptors (Lipinski definition) is 5. The zero-order chi connectivity index (χ0) is 24.5. The zero-order valence-electron chi connectivity index (χ0n) is 21.3. The van der Waals surface area contributed by atoms with Crippen molar-refractivity contribution in [2.75, 3.05) is 26.7 Å². The second kappa shape index (κ2) is 10.2. The number of aromatic hydroxyl groups is 1.